The molecule has 1 amide bonds. The molecule has 21 heavy (non-hydrogen) atoms. The Morgan fingerprint density at radius 2 is 2.24 bits per heavy atom. The number of nitrogens with one attached hydrogen (secondary N) is 1. The number of hydrogen-bond donors (Lipinski definition) is 1. The number of nitrogens with zero attached hydrogens (tertiary/aromatic N) is 4. The molecule has 0 aliphatic heterocycles. The molecular weight excluding hydrogens is 266 g/mol. The van der Waals surface area contributed by atoms with E-state index in [0.29, 0.717) is 17.8 Å². The van der Waals surface area contributed by atoms with Gasteiger partial charge < -0.3 is 5.32 Å². The number of carbonyl (C=O) groups excluding carboxylic acids is 1. The summed E-state index contributed by atoms with van der Waals surface area (Å²) in [6, 6.07) is 7.38. The zero-order chi connectivity index (χ0) is 14.7. The monoisotopic (exact) mass is 281 g/mol. The molecule has 6 heteroatoms. The Hall–Kier alpha value is -2.76. The first-order valence-electron chi connectivity index (χ1n) is 6.72. The first-order valence-corrected chi connectivity index (χ1v) is 6.72. The lowest BCUT2D eigenvalue weighted by molar-refractivity contribution is 0.0954. The van der Waals surface area contributed by atoms with Crippen LogP contribution < -0.4 is 5.32 Å². The van der Waals surface area contributed by atoms with Gasteiger partial charge in [-0.1, -0.05) is 6.07 Å². The Kier molecular flexibility index (Phi) is 3.59. The van der Waals surface area contributed by atoms with E-state index in [1.807, 2.05) is 23.5 Å². The highest BCUT2D eigenvalue weighted by Gasteiger charge is 2.08. The number of fused-ring (bicyclic) bond motifs is 1. The lowest BCUT2D eigenvalue weighted by Crippen LogP contribution is -2.25. The summed E-state index contributed by atoms with van der Waals surface area (Å²) in [6.07, 6.45) is 6.10. The van der Waals surface area contributed by atoms with Gasteiger partial charge in [-0.05, 0) is 37.1 Å². The lowest BCUT2D eigenvalue weighted by Gasteiger charge is -2.05. The number of rotatable bonds is 4. The van der Waals surface area contributed by atoms with Gasteiger partial charge in [-0.2, -0.15) is 0 Å². The van der Waals surface area contributed by atoms with Crippen LogP contribution in [0.3, 0.4) is 0 Å². The van der Waals surface area contributed by atoms with E-state index < -0.39 is 0 Å². The van der Waals surface area contributed by atoms with E-state index in [9.17, 15) is 4.79 Å². The van der Waals surface area contributed by atoms with Crippen LogP contribution in [0.15, 0.2) is 42.9 Å². The average molecular weight is 281 g/mol. The summed E-state index contributed by atoms with van der Waals surface area (Å²) in [7, 11) is 0. The van der Waals surface area contributed by atoms with Gasteiger partial charge in [0.15, 0.2) is 5.65 Å². The smallest absolute Gasteiger partial charge is 0.251 e. The van der Waals surface area contributed by atoms with Crippen LogP contribution >= 0.6 is 0 Å². The van der Waals surface area contributed by atoms with Crippen molar-refractivity contribution >= 4 is 11.6 Å². The van der Waals surface area contributed by atoms with Gasteiger partial charge in [-0.3, -0.25) is 14.2 Å². The molecule has 3 heterocycles. The third kappa shape index (κ3) is 2.89. The van der Waals surface area contributed by atoms with Crippen LogP contribution in [0.25, 0.3) is 5.65 Å². The topological polar surface area (TPSA) is 72.2 Å². The summed E-state index contributed by atoms with van der Waals surface area (Å²) in [5.74, 6) is 0.690. The van der Waals surface area contributed by atoms with Crippen molar-refractivity contribution < 1.29 is 4.79 Å². The van der Waals surface area contributed by atoms with Crippen LogP contribution in [0.4, 0.5) is 0 Å². The summed E-state index contributed by atoms with van der Waals surface area (Å²) in [6.45, 7) is 2.44. The molecule has 0 aliphatic carbocycles. The zero-order valence-corrected chi connectivity index (χ0v) is 11.7. The van der Waals surface area contributed by atoms with Gasteiger partial charge in [0.05, 0.1) is 0 Å². The fraction of sp³-hybridized carbons (Fsp3) is 0.200. The maximum atomic E-state index is 12.1. The fourth-order valence-corrected chi connectivity index (χ4v) is 2.12. The average Bonchev–Trinajstić information content (AvgIpc) is 2.89. The second-order valence-electron chi connectivity index (χ2n) is 4.76. The van der Waals surface area contributed by atoms with Crippen molar-refractivity contribution in [3.05, 3.63) is 59.8 Å². The second kappa shape index (κ2) is 5.70. The summed E-state index contributed by atoms with van der Waals surface area (Å²) >= 11 is 0. The summed E-state index contributed by atoms with van der Waals surface area (Å²) < 4.78 is 1.84. The molecule has 6 nitrogen and oxygen atoms in total. The highest BCUT2D eigenvalue weighted by Crippen LogP contribution is 2.07. The molecule has 0 spiro atoms. The highest BCUT2D eigenvalue weighted by atomic mass is 16.1. The molecule has 3 aromatic heterocycles. The quantitative estimate of drug-likeness (QED) is 0.784. The molecule has 0 aliphatic rings. The van der Waals surface area contributed by atoms with Gasteiger partial charge in [0.1, 0.15) is 5.82 Å². The second-order valence-corrected chi connectivity index (χ2v) is 4.76. The molecule has 0 radical (unpaired) electrons. The van der Waals surface area contributed by atoms with Gasteiger partial charge in [-0.25, -0.2) is 0 Å². The van der Waals surface area contributed by atoms with Gasteiger partial charge >= 0.3 is 0 Å². The van der Waals surface area contributed by atoms with Crippen molar-refractivity contribution in [3.63, 3.8) is 0 Å². The molecule has 3 rings (SSSR count). The van der Waals surface area contributed by atoms with Gasteiger partial charge in [0.2, 0.25) is 0 Å². The number of hydrogen-bond acceptors (Lipinski definition) is 4. The molecule has 0 atom stereocenters. The number of amides is 1. The Labute approximate surface area is 121 Å². The maximum absolute atomic E-state index is 12.1. The minimum Gasteiger partial charge on any atom is -0.352 e. The first kappa shape index (κ1) is 13.2. The fourth-order valence-electron chi connectivity index (χ4n) is 2.12. The first-order chi connectivity index (χ1) is 10.2. The van der Waals surface area contributed by atoms with Crippen molar-refractivity contribution in [2.75, 3.05) is 6.54 Å². The van der Waals surface area contributed by atoms with E-state index in [-0.39, 0.29) is 5.91 Å². The van der Waals surface area contributed by atoms with E-state index in [1.165, 1.54) is 0 Å². The van der Waals surface area contributed by atoms with Crippen LogP contribution in [0.1, 0.15) is 21.7 Å². The van der Waals surface area contributed by atoms with Crippen LogP contribution in [0.2, 0.25) is 0 Å². The molecule has 106 valence electrons. The predicted octanol–water partition coefficient (Wildman–Crippen LogP) is 1.41. The van der Waals surface area contributed by atoms with Crippen LogP contribution in [0, 0.1) is 6.92 Å². The van der Waals surface area contributed by atoms with E-state index in [1.54, 1.807) is 30.7 Å². The van der Waals surface area contributed by atoms with Crippen molar-refractivity contribution in [1.82, 2.24) is 24.9 Å². The van der Waals surface area contributed by atoms with Crippen LogP contribution in [0.5, 0.6) is 0 Å². The summed E-state index contributed by atoms with van der Waals surface area (Å²) in [4.78, 5) is 16.1. The molecule has 0 saturated carbocycles. The van der Waals surface area contributed by atoms with Crippen molar-refractivity contribution in [2.24, 2.45) is 0 Å². The molecule has 0 fully saturated rings. The Morgan fingerprint density at radius 1 is 1.33 bits per heavy atom. The minimum atomic E-state index is -0.109. The van der Waals surface area contributed by atoms with E-state index in [2.05, 4.69) is 20.5 Å². The van der Waals surface area contributed by atoms with Crippen LogP contribution in [-0.2, 0) is 6.42 Å². The van der Waals surface area contributed by atoms with Gasteiger partial charge in [0.25, 0.3) is 5.91 Å². The molecule has 0 unspecified atom stereocenters. The minimum absolute atomic E-state index is 0.109. The standard InChI is InChI=1S/C15H15N5O/c1-11-18-19-14-9-13(5-8-20(11)14)15(21)17-7-4-12-3-2-6-16-10-12/h2-3,5-6,8-10H,4,7H2,1H3,(H,17,21). The molecule has 0 aromatic carbocycles. The number of carbonyl (C=O) groups is 1. The van der Waals surface area contributed by atoms with Gasteiger partial charge in [-0.15, -0.1) is 10.2 Å². The maximum Gasteiger partial charge on any atom is 0.251 e. The molecule has 3 aromatic rings. The highest BCUT2D eigenvalue weighted by molar-refractivity contribution is 5.94. The Morgan fingerprint density at radius 3 is 3.05 bits per heavy atom. The largest absolute Gasteiger partial charge is 0.352 e. The van der Waals surface area contributed by atoms with E-state index in [0.717, 1.165) is 17.8 Å². The van der Waals surface area contributed by atoms with Crippen molar-refractivity contribution in [2.45, 2.75) is 13.3 Å². The zero-order valence-electron chi connectivity index (χ0n) is 11.7. The van der Waals surface area contributed by atoms with Crippen molar-refractivity contribution in [1.29, 1.82) is 0 Å². The molecular formula is C15H15N5O. The molecule has 0 bridgehead atoms. The summed E-state index contributed by atoms with van der Waals surface area (Å²) in [5.41, 5.74) is 2.36. The lowest BCUT2D eigenvalue weighted by atomic mass is 10.2. The molecule has 1 N–H and O–H groups in total. The third-order valence-corrected chi connectivity index (χ3v) is 3.26. The van der Waals surface area contributed by atoms with Gasteiger partial charge in [0, 0.05) is 30.7 Å². The third-order valence-electron chi connectivity index (χ3n) is 3.26. The molecule has 0 saturated heterocycles. The summed E-state index contributed by atoms with van der Waals surface area (Å²) in [5, 5.41) is 10.9. The van der Waals surface area contributed by atoms with E-state index in [4.69, 9.17) is 0 Å². The Bertz CT molecular complexity index is 766. The van der Waals surface area contributed by atoms with E-state index >= 15 is 0 Å². The SMILES string of the molecule is Cc1nnc2cc(C(=O)NCCc3cccnc3)ccn12. The normalized spacial score (nSPS) is 10.7. The predicted molar refractivity (Wildman–Crippen MR) is 78.0 cm³/mol. The number of aryl methyl sites for hydroxylation is 1. The van der Waals surface area contributed by atoms with Crippen LogP contribution in [-0.4, -0.2) is 32.0 Å². The van der Waals surface area contributed by atoms with Crippen molar-refractivity contribution in [3.8, 4) is 0 Å². The number of pyridine rings is 2. The number of aromatic nitrogens is 4. The Balaban J connectivity index is 1.64.